The highest BCUT2D eigenvalue weighted by Gasteiger charge is 2.29. The number of urea groups is 1. The lowest BCUT2D eigenvalue weighted by molar-refractivity contribution is 0.164. The van der Waals surface area contributed by atoms with Crippen LogP contribution in [-0.4, -0.2) is 27.4 Å². The summed E-state index contributed by atoms with van der Waals surface area (Å²) in [5, 5.41) is 5.55. The molecule has 1 fully saturated rings. The van der Waals surface area contributed by atoms with Gasteiger partial charge in [-0.05, 0) is 65.9 Å². The van der Waals surface area contributed by atoms with E-state index in [-0.39, 0.29) is 12.1 Å². The highest BCUT2D eigenvalue weighted by molar-refractivity contribution is 5.94. The first-order valence-electron chi connectivity index (χ1n) is 11.5. The van der Waals surface area contributed by atoms with E-state index in [0.717, 1.165) is 53.6 Å². The summed E-state index contributed by atoms with van der Waals surface area (Å²) in [4.78, 5) is 24.8. The fourth-order valence-corrected chi connectivity index (χ4v) is 4.93. The summed E-state index contributed by atoms with van der Waals surface area (Å²) in [6.45, 7) is 0.748. The topological polar surface area (TPSA) is 58.1 Å². The number of hydrogen-bond acceptors (Lipinski definition) is 3. The summed E-state index contributed by atoms with van der Waals surface area (Å²) >= 11 is 0. The molecular weight excluding hydrogens is 408 g/mol. The second-order valence-electron chi connectivity index (χ2n) is 8.62. The zero-order chi connectivity index (χ0) is 22.2. The van der Waals surface area contributed by atoms with Crippen molar-refractivity contribution >= 4 is 44.6 Å². The Bertz CT molecular complexity index is 1490. The van der Waals surface area contributed by atoms with Gasteiger partial charge in [-0.1, -0.05) is 54.6 Å². The standard InChI is InChI=1S/C28H24N4O/c33-28(29-20-15-16-25-26(18-20)31-24-13-4-3-12-23(24)30-25)32-17-6-5-14-27(32)22-11-7-9-19-8-1-2-10-21(19)22/h1-4,7-13,15-16,18,27H,5-6,14,17H2,(H,29,33). The van der Waals surface area contributed by atoms with Crippen molar-refractivity contribution in [1.29, 1.82) is 0 Å². The molecule has 1 aromatic heterocycles. The number of carbonyl (C=O) groups is 1. The van der Waals surface area contributed by atoms with Crippen LogP contribution in [0.5, 0.6) is 0 Å². The first-order chi connectivity index (χ1) is 16.3. The fraction of sp³-hybridized carbons (Fsp3) is 0.179. The number of amides is 2. The lowest BCUT2D eigenvalue weighted by Gasteiger charge is -2.36. The molecule has 1 unspecified atom stereocenters. The van der Waals surface area contributed by atoms with Crippen LogP contribution in [-0.2, 0) is 0 Å². The predicted octanol–water partition coefficient (Wildman–Crippen LogP) is 6.70. The van der Waals surface area contributed by atoms with Crippen LogP contribution in [0.4, 0.5) is 10.5 Å². The Kier molecular flexibility index (Phi) is 4.87. The molecule has 1 atom stereocenters. The molecule has 1 aliphatic rings. The zero-order valence-electron chi connectivity index (χ0n) is 18.2. The van der Waals surface area contributed by atoms with Crippen LogP contribution in [0.15, 0.2) is 84.9 Å². The fourth-order valence-electron chi connectivity index (χ4n) is 4.93. The van der Waals surface area contributed by atoms with Crippen molar-refractivity contribution in [3.8, 4) is 0 Å². The van der Waals surface area contributed by atoms with Crippen LogP contribution in [0.1, 0.15) is 30.9 Å². The highest BCUT2D eigenvalue weighted by atomic mass is 16.2. The minimum Gasteiger partial charge on any atom is -0.317 e. The average Bonchev–Trinajstić information content (AvgIpc) is 2.87. The van der Waals surface area contributed by atoms with Gasteiger partial charge in [-0.25, -0.2) is 14.8 Å². The Balaban J connectivity index is 1.31. The van der Waals surface area contributed by atoms with Gasteiger partial charge in [0.2, 0.25) is 0 Å². The van der Waals surface area contributed by atoms with Gasteiger partial charge in [0, 0.05) is 12.2 Å². The molecule has 162 valence electrons. The minimum absolute atomic E-state index is 0.0639. The van der Waals surface area contributed by atoms with Crippen molar-refractivity contribution in [2.24, 2.45) is 0 Å². The molecule has 0 saturated carbocycles. The molecule has 0 bridgehead atoms. The smallest absolute Gasteiger partial charge is 0.317 e. The number of hydrogen-bond donors (Lipinski definition) is 1. The van der Waals surface area contributed by atoms with E-state index in [1.165, 1.54) is 16.3 Å². The minimum atomic E-state index is -0.0688. The first kappa shape index (κ1) is 19.7. The van der Waals surface area contributed by atoms with Crippen LogP contribution in [0.2, 0.25) is 0 Å². The number of rotatable bonds is 2. The number of piperidine rings is 1. The highest BCUT2D eigenvalue weighted by Crippen LogP contribution is 2.35. The van der Waals surface area contributed by atoms with Crippen molar-refractivity contribution < 1.29 is 4.79 Å². The van der Waals surface area contributed by atoms with Gasteiger partial charge in [0.1, 0.15) is 0 Å². The number of carbonyl (C=O) groups excluding carboxylic acids is 1. The van der Waals surface area contributed by atoms with Crippen LogP contribution in [0.25, 0.3) is 32.8 Å². The molecule has 5 nitrogen and oxygen atoms in total. The summed E-state index contributed by atoms with van der Waals surface area (Å²) < 4.78 is 0. The van der Waals surface area contributed by atoms with Gasteiger partial charge in [-0.3, -0.25) is 0 Å². The molecule has 1 saturated heterocycles. The van der Waals surface area contributed by atoms with Crippen LogP contribution < -0.4 is 5.32 Å². The summed E-state index contributed by atoms with van der Waals surface area (Å²) in [6.07, 6.45) is 3.11. The van der Waals surface area contributed by atoms with Gasteiger partial charge in [-0.2, -0.15) is 0 Å². The molecule has 5 heteroatoms. The van der Waals surface area contributed by atoms with E-state index < -0.39 is 0 Å². The van der Waals surface area contributed by atoms with E-state index >= 15 is 0 Å². The van der Waals surface area contributed by atoms with Gasteiger partial charge in [-0.15, -0.1) is 0 Å². The molecule has 1 N–H and O–H groups in total. The Morgan fingerprint density at radius 1 is 0.788 bits per heavy atom. The molecule has 5 aromatic rings. The van der Waals surface area contributed by atoms with Crippen molar-refractivity contribution in [2.45, 2.75) is 25.3 Å². The third kappa shape index (κ3) is 3.65. The maximum absolute atomic E-state index is 13.4. The second kappa shape index (κ2) is 8.17. The van der Waals surface area contributed by atoms with E-state index in [0.29, 0.717) is 0 Å². The van der Waals surface area contributed by atoms with Gasteiger partial charge >= 0.3 is 6.03 Å². The number of benzene rings is 4. The largest absolute Gasteiger partial charge is 0.322 e. The van der Waals surface area contributed by atoms with Gasteiger partial charge < -0.3 is 10.2 Å². The van der Waals surface area contributed by atoms with Crippen molar-refractivity contribution in [1.82, 2.24) is 14.9 Å². The molecule has 33 heavy (non-hydrogen) atoms. The van der Waals surface area contributed by atoms with E-state index in [9.17, 15) is 4.79 Å². The summed E-state index contributed by atoms with van der Waals surface area (Å²) in [6, 6.07) is 28.4. The predicted molar refractivity (Wildman–Crippen MR) is 133 cm³/mol. The van der Waals surface area contributed by atoms with E-state index in [4.69, 9.17) is 4.98 Å². The van der Waals surface area contributed by atoms with Crippen LogP contribution in [0, 0.1) is 0 Å². The van der Waals surface area contributed by atoms with Crippen molar-refractivity contribution in [3.63, 3.8) is 0 Å². The lowest BCUT2D eigenvalue weighted by atomic mass is 9.91. The molecule has 1 aliphatic heterocycles. The van der Waals surface area contributed by atoms with Gasteiger partial charge in [0.25, 0.3) is 0 Å². The quantitative estimate of drug-likeness (QED) is 0.316. The number of likely N-dealkylation sites (tertiary alicyclic amines) is 1. The summed E-state index contributed by atoms with van der Waals surface area (Å²) in [5.41, 5.74) is 5.26. The van der Waals surface area contributed by atoms with E-state index in [1.807, 2.05) is 47.4 Å². The molecule has 4 aromatic carbocycles. The Labute approximate surface area is 192 Å². The van der Waals surface area contributed by atoms with E-state index in [2.05, 4.69) is 52.8 Å². The maximum atomic E-state index is 13.4. The molecule has 2 amide bonds. The number of anilines is 1. The molecule has 0 aliphatic carbocycles. The average molecular weight is 433 g/mol. The van der Waals surface area contributed by atoms with Gasteiger partial charge in [0.15, 0.2) is 0 Å². The monoisotopic (exact) mass is 432 g/mol. The molecule has 2 heterocycles. The number of fused-ring (bicyclic) bond motifs is 3. The van der Waals surface area contributed by atoms with Crippen LogP contribution >= 0.6 is 0 Å². The van der Waals surface area contributed by atoms with Gasteiger partial charge in [0.05, 0.1) is 28.1 Å². The third-order valence-electron chi connectivity index (χ3n) is 6.54. The third-order valence-corrected chi connectivity index (χ3v) is 6.54. The second-order valence-corrected chi connectivity index (χ2v) is 8.62. The lowest BCUT2D eigenvalue weighted by Crippen LogP contribution is -2.41. The number of aromatic nitrogens is 2. The number of nitrogens with one attached hydrogen (secondary N) is 1. The maximum Gasteiger partial charge on any atom is 0.322 e. The van der Waals surface area contributed by atoms with E-state index in [1.54, 1.807) is 0 Å². The molecular formula is C28H24N4O. The van der Waals surface area contributed by atoms with Crippen molar-refractivity contribution in [2.75, 3.05) is 11.9 Å². The summed E-state index contributed by atoms with van der Waals surface area (Å²) in [5.74, 6) is 0. The Hall–Kier alpha value is -3.99. The first-order valence-corrected chi connectivity index (χ1v) is 11.5. The normalized spacial score (nSPS) is 16.4. The SMILES string of the molecule is O=C(Nc1ccc2nc3ccccc3nc2c1)N1CCCCC1c1cccc2ccccc12. The zero-order valence-corrected chi connectivity index (χ0v) is 18.2. The molecule has 0 spiro atoms. The summed E-state index contributed by atoms with van der Waals surface area (Å²) in [7, 11) is 0. The Morgan fingerprint density at radius 3 is 2.39 bits per heavy atom. The molecule has 0 radical (unpaired) electrons. The van der Waals surface area contributed by atoms with Crippen molar-refractivity contribution in [3.05, 3.63) is 90.5 Å². The van der Waals surface area contributed by atoms with Crippen LogP contribution in [0.3, 0.4) is 0 Å². The number of nitrogens with zero attached hydrogens (tertiary/aromatic N) is 3. The number of para-hydroxylation sites is 2. The Morgan fingerprint density at radius 2 is 1.52 bits per heavy atom. The molecule has 6 rings (SSSR count).